The number of primary amides is 1. The Hall–Kier alpha value is -2.89. The molecule has 2 aromatic heterocycles. The number of aromatic nitrogens is 2. The number of nitrogens with zero attached hydrogens (tertiary/aromatic N) is 2. The topological polar surface area (TPSA) is 72.4 Å². The molecule has 0 saturated heterocycles. The van der Waals surface area contributed by atoms with Crippen molar-refractivity contribution < 1.29 is 9.18 Å². The highest BCUT2D eigenvalue weighted by Gasteiger charge is 2.39. The summed E-state index contributed by atoms with van der Waals surface area (Å²) in [5, 5.41) is 7.60. The van der Waals surface area contributed by atoms with Gasteiger partial charge in [0.1, 0.15) is 5.67 Å². The molecule has 0 bridgehead atoms. The van der Waals surface area contributed by atoms with E-state index >= 15 is 0 Å². The predicted octanol–water partition coefficient (Wildman–Crippen LogP) is 4.10. The van der Waals surface area contributed by atoms with Gasteiger partial charge in [0.2, 0.25) is 0 Å². The van der Waals surface area contributed by atoms with E-state index in [0.29, 0.717) is 24.0 Å². The summed E-state index contributed by atoms with van der Waals surface area (Å²) in [6, 6.07) is 9.67. The fourth-order valence-corrected chi connectivity index (χ4v) is 3.96. The Morgan fingerprint density at radius 1 is 1.41 bits per heavy atom. The summed E-state index contributed by atoms with van der Waals surface area (Å²) in [4.78, 5) is 12.0. The van der Waals surface area contributed by atoms with Crippen molar-refractivity contribution in [3.05, 3.63) is 53.9 Å². The molecule has 1 aliphatic rings. The molecule has 3 aromatic rings. The third kappa shape index (κ3) is 3.05. The molecule has 27 heavy (non-hydrogen) atoms. The Morgan fingerprint density at radius 3 is 2.85 bits per heavy atom. The van der Waals surface area contributed by atoms with Crippen LogP contribution < -0.4 is 11.1 Å². The van der Waals surface area contributed by atoms with Crippen LogP contribution in [0.15, 0.2) is 42.7 Å². The van der Waals surface area contributed by atoms with Crippen molar-refractivity contribution in [2.45, 2.75) is 44.8 Å². The van der Waals surface area contributed by atoms with E-state index in [2.05, 4.69) is 10.4 Å². The first-order chi connectivity index (χ1) is 12.9. The molecule has 6 heteroatoms. The van der Waals surface area contributed by atoms with E-state index in [4.69, 9.17) is 5.73 Å². The van der Waals surface area contributed by atoms with Crippen LogP contribution in [0.25, 0.3) is 16.6 Å². The summed E-state index contributed by atoms with van der Waals surface area (Å²) in [6.07, 6.45) is 5.40. The second-order valence-corrected chi connectivity index (χ2v) is 7.54. The Bertz CT molecular complexity index is 1020. The molecule has 0 radical (unpaired) electrons. The van der Waals surface area contributed by atoms with Crippen LogP contribution in [0.1, 0.15) is 42.1 Å². The highest BCUT2D eigenvalue weighted by Crippen LogP contribution is 2.37. The Labute approximate surface area is 157 Å². The van der Waals surface area contributed by atoms with E-state index in [1.54, 1.807) is 11.4 Å². The lowest BCUT2D eigenvalue weighted by atomic mass is 10.0. The fourth-order valence-electron chi connectivity index (χ4n) is 3.96. The van der Waals surface area contributed by atoms with E-state index in [1.165, 1.54) is 6.20 Å². The van der Waals surface area contributed by atoms with Crippen LogP contribution in [-0.2, 0) is 0 Å². The second kappa shape index (κ2) is 6.37. The number of alkyl halides is 1. The zero-order chi connectivity index (χ0) is 19.2. The van der Waals surface area contributed by atoms with Crippen molar-refractivity contribution in [1.82, 2.24) is 9.61 Å². The molecular weight excluding hydrogens is 343 g/mol. The molecule has 0 unspecified atom stereocenters. The molecule has 1 fully saturated rings. The van der Waals surface area contributed by atoms with Gasteiger partial charge in [-0.15, -0.1) is 0 Å². The number of carbonyl (C=O) groups is 1. The van der Waals surface area contributed by atoms with Crippen LogP contribution in [0.4, 0.5) is 10.1 Å². The van der Waals surface area contributed by atoms with Crippen molar-refractivity contribution >= 4 is 17.1 Å². The molecule has 1 aromatic carbocycles. The summed E-state index contributed by atoms with van der Waals surface area (Å²) >= 11 is 0. The van der Waals surface area contributed by atoms with Gasteiger partial charge in [0, 0.05) is 11.8 Å². The number of benzene rings is 1. The first kappa shape index (κ1) is 17.5. The van der Waals surface area contributed by atoms with Crippen molar-refractivity contribution in [1.29, 1.82) is 0 Å². The molecule has 1 saturated carbocycles. The number of hydrogen-bond acceptors (Lipinski definition) is 3. The third-order valence-corrected chi connectivity index (χ3v) is 5.56. The van der Waals surface area contributed by atoms with Crippen LogP contribution in [0.5, 0.6) is 0 Å². The van der Waals surface area contributed by atoms with Crippen LogP contribution in [0.3, 0.4) is 0 Å². The minimum Gasteiger partial charge on any atom is -0.377 e. The number of nitrogens with one attached hydrogen (secondary N) is 1. The van der Waals surface area contributed by atoms with Crippen LogP contribution in [0, 0.1) is 6.92 Å². The summed E-state index contributed by atoms with van der Waals surface area (Å²) in [5.41, 5.74) is 9.01. The third-order valence-electron chi connectivity index (χ3n) is 5.56. The highest BCUT2D eigenvalue weighted by atomic mass is 19.1. The van der Waals surface area contributed by atoms with Gasteiger partial charge in [-0.25, -0.2) is 8.91 Å². The number of anilines is 1. The number of amides is 1. The molecule has 140 valence electrons. The number of aryl methyl sites for hydroxylation is 1. The van der Waals surface area contributed by atoms with Crippen LogP contribution in [-0.4, -0.2) is 27.2 Å². The first-order valence-electron chi connectivity index (χ1n) is 9.19. The molecule has 2 atom stereocenters. The standard InChI is InChI=1S/C21H23FN4O/c1-13-6-3-4-7-15(13)14-10-17-19(25-18-8-5-9-21(18,2)22)16(20(23)27)11-24-26(17)12-14/h3-4,6-7,10-12,18,25H,5,8-9H2,1-2H3,(H2,23,27)/t18-,21+/m1/s1. The fraction of sp³-hybridized carbons (Fsp3) is 0.333. The van der Waals surface area contributed by atoms with Gasteiger partial charge in [-0.1, -0.05) is 24.3 Å². The van der Waals surface area contributed by atoms with Gasteiger partial charge in [-0.3, -0.25) is 4.79 Å². The minimum atomic E-state index is -1.32. The molecular formula is C21H23FN4O. The first-order valence-corrected chi connectivity index (χ1v) is 9.19. The lowest BCUT2D eigenvalue weighted by Gasteiger charge is -2.26. The van der Waals surface area contributed by atoms with Gasteiger partial charge in [0.15, 0.2) is 0 Å². The van der Waals surface area contributed by atoms with Crippen molar-refractivity contribution in [2.24, 2.45) is 5.73 Å². The minimum absolute atomic E-state index is 0.277. The van der Waals surface area contributed by atoms with E-state index in [1.807, 2.05) is 43.5 Å². The quantitative estimate of drug-likeness (QED) is 0.730. The smallest absolute Gasteiger partial charge is 0.252 e. The van der Waals surface area contributed by atoms with Crippen LogP contribution >= 0.6 is 0 Å². The van der Waals surface area contributed by atoms with Gasteiger partial charge in [0.05, 0.1) is 29.0 Å². The highest BCUT2D eigenvalue weighted by molar-refractivity contribution is 6.02. The average Bonchev–Trinajstić information content (AvgIpc) is 3.18. The number of nitrogens with two attached hydrogens (primary N) is 1. The van der Waals surface area contributed by atoms with Gasteiger partial charge >= 0.3 is 0 Å². The Balaban J connectivity index is 1.86. The summed E-state index contributed by atoms with van der Waals surface area (Å²) in [6.45, 7) is 3.66. The van der Waals surface area contributed by atoms with Crippen molar-refractivity contribution in [3.8, 4) is 11.1 Å². The lowest BCUT2D eigenvalue weighted by molar-refractivity contribution is 0.1000. The maximum absolute atomic E-state index is 14.8. The number of fused-ring (bicyclic) bond motifs is 1. The number of rotatable bonds is 4. The normalized spacial score (nSPS) is 22.3. The zero-order valence-corrected chi connectivity index (χ0v) is 15.5. The van der Waals surface area contributed by atoms with Gasteiger partial charge in [0.25, 0.3) is 5.91 Å². The van der Waals surface area contributed by atoms with E-state index in [9.17, 15) is 9.18 Å². The maximum atomic E-state index is 14.8. The molecule has 1 amide bonds. The molecule has 1 aliphatic carbocycles. The molecule has 5 nitrogen and oxygen atoms in total. The monoisotopic (exact) mass is 366 g/mol. The Kier molecular flexibility index (Phi) is 4.13. The number of carbonyl (C=O) groups excluding carboxylic acids is 1. The summed E-state index contributed by atoms with van der Waals surface area (Å²) < 4.78 is 16.5. The molecule has 3 N–H and O–H groups in total. The SMILES string of the molecule is Cc1ccccc1-c1cc2c(N[C@@H]3CCC[C@]3(C)F)c(C(N)=O)cnn2c1. The summed E-state index contributed by atoms with van der Waals surface area (Å²) in [7, 11) is 0. The van der Waals surface area contributed by atoms with Gasteiger partial charge in [-0.05, 0) is 50.3 Å². The van der Waals surface area contributed by atoms with Crippen LogP contribution in [0.2, 0.25) is 0 Å². The van der Waals surface area contributed by atoms with E-state index < -0.39 is 11.6 Å². The van der Waals surface area contributed by atoms with E-state index in [0.717, 1.165) is 23.1 Å². The second-order valence-electron chi connectivity index (χ2n) is 7.54. The lowest BCUT2D eigenvalue weighted by Crippen LogP contribution is -2.36. The van der Waals surface area contributed by atoms with Crippen molar-refractivity contribution in [2.75, 3.05) is 5.32 Å². The van der Waals surface area contributed by atoms with Gasteiger partial charge < -0.3 is 11.1 Å². The zero-order valence-electron chi connectivity index (χ0n) is 15.5. The van der Waals surface area contributed by atoms with E-state index in [-0.39, 0.29) is 11.6 Å². The van der Waals surface area contributed by atoms with Crippen molar-refractivity contribution in [3.63, 3.8) is 0 Å². The number of halogens is 1. The molecule has 0 aliphatic heterocycles. The maximum Gasteiger partial charge on any atom is 0.252 e. The molecule has 4 rings (SSSR count). The predicted molar refractivity (Wildman–Crippen MR) is 105 cm³/mol. The van der Waals surface area contributed by atoms with Gasteiger partial charge in [-0.2, -0.15) is 5.10 Å². The molecule has 0 spiro atoms. The molecule has 2 heterocycles. The summed E-state index contributed by atoms with van der Waals surface area (Å²) in [5.74, 6) is -0.579. The largest absolute Gasteiger partial charge is 0.377 e. The number of hydrogen-bond donors (Lipinski definition) is 2. The Morgan fingerprint density at radius 2 is 2.19 bits per heavy atom. The average molecular weight is 366 g/mol.